The molecule has 0 saturated carbocycles. The van der Waals surface area contributed by atoms with E-state index < -0.39 is 17.4 Å². The Kier molecular flexibility index (Phi) is 9.81. The molecule has 1 aliphatic rings. The van der Waals surface area contributed by atoms with Crippen LogP contribution in [0.2, 0.25) is 0 Å². The van der Waals surface area contributed by atoms with Crippen LogP contribution in [0.5, 0.6) is 0 Å². The van der Waals surface area contributed by atoms with Gasteiger partial charge in [-0.2, -0.15) is 4.39 Å². The van der Waals surface area contributed by atoms with Crippen molar-refractivity contribution in [2.24, 2.45) is 0 Å². The first kappa shape index (κ1) is 25.8. The number of rotatable bonds is 11. The normalized spacial score (nSPS) is 14.9. The molecule has 4 heteroatoms. The van der Waals surface area contributed by atoms with Crippen molar-refractivity contribution >= 4 is 0 Å². The molecule has 1 aliphatic carbocycles. The maximum atomic E-state index is 14.2. The highest BCUT2D eigenvalue weighted by Crippen LogP contribution is 2.29. The van der Waals surface area contributed by atoms with Gasteiger partial charge in [0.25, 0.3) is 0 Å². The Morgan fingerprint density at radius 2 is 1.45 bits per heavy atom. The molecule has 0 amide bonds. The first-order valence-electron chi connectivity index (χ1n) is 9.74. The minimum atomic E-state index is -1.22. The quantitative estimate of drug-likeness (QED) is 0.237. The van der Waals surface area contributed by atoms with Gasteiger partial charge in [-0.25, -0.2) is 8.78 Å². The SMILES string of the molecule is C=C(/C=C\C(=C)C(=C)/C(F)=C(/F)C(=C)OCC)C(=C)/C=C\C(=C)C1=CC(F)=C(C)CC1. The van der Waals surface area contributed by atoms with E-state index in [1.165, 1.54) is 12.2 Å². The Balaban J connectivity index is 2.77. The van der Waals surface area contributed by atoms with Gasteiger partial charge in [0, 0.05) is 5.57 Å². The third-order valence-corrected chi connectivity index (χ3v) is 4.68. The molecule has 1 rings (SSSR count). The first-order valence-corrected chi connectivity index (χ1v) is 9.74. The van der Waals surface area contributed by atoms with Crippen molar-refractivity contribution in [1.29, 1.82) is 0 Å². The summed E-state index contributed by atoms with van der Waals surface area (Å²) in [6, 6.07) is 0. The van der Waals surface area contributed by atoms with Gasteiger partial charge in [0.15, 0.2) is 11.6 Å². The lowest BCUT2D eigenvalue weighted by Crippen LogP contribution is -1.96. The summed E-state index contributed by atoms with van der Waals surface area (Å²) in [5, 5.41) is 0. The molecule has 0 heterocycles. The lowest BCUT2D eigenvalue weighted by Gasteiger charge is -2.14. The zero-order chi connectivity index (χ0) is 23.7. The van der Waals surface area contributed by atoms with Gasteiger partial charge in [0.1, 0.15) is 5.83 Å². The Hall–Kier alpha value is -3.27. The van der Waals surface area contributed by atoms with E-state index in [2.05, 4.69) is 39.5 Å². The van der Waals surface area contributed by atoms with Crippen LogP contribution in [-0.2, 0) is 4.74 Å². The van der Waals surface area contributed by atoms with Crippen molar-refractivity contribution in [3.05, 3.63) is 132 Å². The second-order valence-corrected chi connectivity index (χ2v) is 7.03. The van der Waals surface area contributed by atoms with Crippen LogP contribution in [0.3, 0.4) is 0 Å². The molecule has 0 unspecified atom stereocenters. The van der Waals surface area contributed by atoms with Crippen LogP contribution in [0.1, 0.15) is 26.7 Å². The standard InChI is InChI=1S/C27H29F3O/c1-9-31-23(8)27(30)26(29)22(7)19(4)12-10-17(2)18(3)11-13-20(5)24-15-14-21(6)25(28)16-24/h10-13,16H,2-5,7-9,14-15H2,1,6H3/b12-10-,13-11-,27-26-. The van der Waals surface area contributed by atoms with Crippen molar-refractivity contribution in [1.82, 2.24) is 0 Å². The smallest absolute Gasteiger partial charge is 0.200 e. The minimum absolute atomic E-state index is 0.157. The minimum Gasteiger partial charge on any atom is -0.491 e. The summed E-state index contributed by atoms with van der Waals surface area (Å²) in [5.41, 5.74) is 3.29. The fraction of sp³-hybridized carbons (Fsp3) is 0.185. The molecule has 1 nitrogen and oxygen atoms in total. The van der Waals surface area contributed by atoms with E-state index in [4.69, 9.17) is 4.74 Å². The Morgan fingerprint density at radius 1 is 0.903 bits per heavy atom. The van der Waals surface area contributed by atoms with Crippen LogP contribution < -0.4 is 0 Å². The number of hydrogen-bond donors (Lipinski definition) is 0. The number of hydrogen-bond acceptors (Lipinski definition) is 1. The van der Waals surface area contributed by atoms with Crippen LogP contribution >= 0.6 is 0 Å². The number of halogens is 3. The maximum Gasteiger partial charge on any atom is 0.200 e. The topological polar surface area (TPSA) is 9.23 Å². The van der Waals surface area contributed by atoms with E-state index in [0.29, 0.717) is 23.1 Å². The molecule has 0 fully saturated rings. The van der Waals surface area contributed by atoms with Gasteiger partial charge < -0.3 is 4.74 Å². The maximum absolute atomic E-state index is 14.2. The Morgan fingerprint density at radius 3 is 2.00 bits per heavy atom. The van der Waals surface area contributed by atoms with E-state index in [1.54, 1.807) is 32.1 Å². The van der Waals surface area contributed by atoms with Gasteiger partial charge in [-0.15, -0.1) is 0 Å². The van der Waals surface area contributed by atoms with Crippen molar-refractivity contribution < 1.29 is 17.9 Å². The molecule has 0 bridgehead atoms. The van der Waals surface area contributed by atoms with E-state index in [9.17, 15) is 13.2 Å². The summed E-state index contributed by atoms with van der Waals surface area (Å²) < 4.78 is 46.8. The third kappa shape index (κ3) is 7.49. The predicted octanol–water partition coefficient (Wildman–Crippen LogP) is 8.54. The molecule has 0 saturated heterocycles. The largest absolute Gasteiger partial charge is 0.491 e. The number of ether oxygens (including phenoxy) is 1. The van der Waals surface area contributed by atoms with Gasteiger partial charge in [-0.3, -0.25) is 0 Å². The summed E-state index contributed by atoms with van der Waals surface area (Å²) in [5.74, 6) is -3.03. The van der Waals surface area contributed by atoms with Gasteiger partial charge in [-0.05, 0) is 66.2 Å². The highest BCUT2D eigenvalue weighted by atomic mass is 19.2. The first-order chi connectivity index (χ1) is 14.5. The van der Waals surface area contributed by atoms with Gasteiger partial charge in [0.05, 0.1) is 6.61 Å². The van der Waals surface area contributed by atoms with Crippen molar-refractivity contribution in [3.8, 4) is 0 Å². The van der Waals surface area contributed by atoms with Crippen LogP contribution in [-0.4, -0.2) is 6.61 Å². The van der Waals surface area contributed by atoms with Gasteiger partial charge in [0.2, 0.25) is 5.83 Å². The number of allylic oxidation sites excluding steroid dienone is 15. The molecular formula is C27H29F3O. The van der Waals surface area contributed by atoms with Crippen molar-refractivity contribution in [3.63, 3.8) is 0 Å². The highest BCUT2D eigenvalue weighted by Gasteiger charge is 2.15. The van der Waals surface area contributed by atoms with Crippen molar-refractivity contribution in [2.45, 2.75) is 26.7 Å². The van der Waals surface area contributed by atoms with E-state index in [1.807, 2.05) is 0 Å². The lowest BCUT2D eigenvalue weighted by molar-refractivity contribution is 0.224. The average molecular weight is 427 g/mol. The molecule has 0 N–H and O–H groups in total. The molecule has 0 atom stereocenters. The van der Waals surface area contributed by atoms with E-state index in [0.717, 1.165) is 17.6 Å². The molecule has 0 aromatic rings. The lowest BCUT2D eigenvalue weighted by atomic mass is 9.93. The molecule has 0 spiro atoms. The molecule has 0 radical (unpaired) electrons. The summed E-state index contributed by atoms with van der Waals surface area (Å²) in [6.07, 6.45) is 9.37. The molecule has 0 aromatic heterocycles. The Bertz CT molecular complexity index is 978. The molecule has 31 heavy (non-hydrogen) atoms. The summed E-state index contributed by atoms with van der Waals surface area (Å²) in [4.78, 5) is 0. The Labute approximate surface area is 183 Å². The van der Waals surface area contributed by atoms with Gasteiger partial charge in [-0.1, -0.05) is 63.8 Å². The third-order valence-electron chi connectivity index (χ3n) is 4.68. The summed E-state index contributed by atoms with van der Waals surface area (Å²) >= 11 is 0. The van der Waals surface area contributed by atoms with Crippen LogP contribution in [0.25, 0.3) is 0 Å². The highest BCUT2D eigenvalue weighted by molar-refractivity contribution is 5.53. The van der Waals surface area contributed by atoms with E-state index in [-0.39, 0.29) is 23.6 Å². The fourth-order valence-electron chi connectivity index (χ4n) is 2.50. The second-order valence-electron chi connectivity index (χ2n) is 7.03. The zero-order valence-corrected chi connectivity index (χ0v) is 18.3. The molecule has 0 aliphatic heterocycles. The van der Waals surface area contributed by atoms with Crippen LogP contribution in [0.4, 0.5) is 13.2 Å². The molecule has 164 valence electrons. The van der Waals surface area contributed by atoms with Gasteiger partial charge >= 0.3 is 0 Å². The summed E-state index contributed by atoms with van der Waals surface area (Å²) in [6.45, 7) is 25.9. The van der Waals surface area contributed by atoms with Crippen LogP contribution in [0, 0.1) is 0 Å². The summed E-state index contributed by atoms with van der Waals surface area (Å²) in [7, 11) is 0. The second kappa shape index (κ2) is 11.8. The van der Waals surface area contributed by atoms with Crippen molar-refractivity contribution in [2.75, 3.05) is 6.61 Å². The zero-order valence-electron chi connectivity index (χ0n) is 18.3. The van der Waals surface area contributed by atoms with E-state index >= 15 is 0 Å². The van der Waals surface area contributed by atoms with Crippen LogP contribution in [0.15, 0.2) is 132 Å². The fourth-order valence-corrected chi connectivity index (χ4v) is 2.50. The average Bonchev–Trinajstić information content (AvgIpc) is 2.75. The molecule has 0 aromatic carbocycles. The predicted molar refractivity (Wildman–Crippen MR) is 125 cm³/mol. The molecular weight excluding hydrogens is 397 g/mol. The monoisotopic (exact) mass is 426 g/mol.